The van der Waals surface area contributed by atoms with Crippen LogP contribution in [0.4, 0.5) is 5.95 Å². The molecule has 1 heterocycles. The predicted octanol–water partition coefficient (Wildman–Crippen LogP) is 3.08. The SMILES string of the molecule is CC1CCC(CCl)(Nc2ncccn2)CC1. The van der Waals surface area contributed by atoms with Gasteiger partial charge in [0.2, 0.25) is 5.95 Å². The third-order valence-electron chi connectivity index (χ3n) is 3.43. The molecule has 88 valence electrons. The van der Waals surface area contributed by atoms with E-state index in [0.29, 0.717) is 11.8 Å². The average molecular weight is 240 g/mol. The Hall–Kier alpha value is -0.830. The maximum absolute atomic E-state index is 6.12. The number of aromatic nitrogens is 2. The van der Waals surface area contributed by atoms with Gasteiger partial charge < -0.3 is 5.32 Å². The van der Waals surface area contributed by atoms with E-state index in [1.807, 2.05) is 6.07 Å². The lowest BCUT2D eigenvalue weighted by Gasteiger charge is -2.38. The molecule has 3 nitrogen and oxygen atoms in total. The zero-order valence-electron chi connectivity index (χ0n) is 9.62. The highest BCUT2D eigenvalue weighted by atomic mass is 35.5. The maximum atomic E-state index is 6.12. The van der Waals surface area contributed by atoms with Gasteiger partial charge in [0.05, 0.1) is 5.54 Å². The zero-order valence-corrected chi connectivity index (χ0v) is 10.4. The molecule has 1 aliphatic carbocycles. The van der Waals surface area contributed by atoms with Crippen LogP contribution in [0.3, 0.4) is 0 Å². The molecular weight excluding hydrogens is 222 g/mol. The summed E-state index contributed by atoms with van der Waals surface area (Å²) in [5.74, 6) is 2.13. The molecule has 0 aromatic carbocycles. The lowest BCUT2D eigenvalue weighted by atomic mass is 9.78. The Balaban J connectivity index is 2.05. The van der Waals surface area contributed by atoms with Crippen molar-refractivity contribution in [2.24, 2.45) is 5.92 Å². The molecule has 1 N–H and O–H groups in total. The summed E-state index contributed by atoms with van der Waals surface area (Å²) in [7, 11) is 0. The van der Waals surface area contributed by atoms with Crippen molar-refractivity contribution in [2.45, 2.75) is 38.1 Å². The van der Waals surface area contributed by atoms with E-state index >= 15 is 0 Å². The largest absolute Gasteiger partial charge is 0.348 e. The predicted molar refractivity (Wildman–Crippen MR) is 66.7 cm³/mol. The van der Waals surface area contributed by atoms with Crippen molar-refractivity contribution in [1.82, 2.24) is 9.97 Å². The summed E-state index contributed by atoms with van der Waals surface area (Å²) < 4.78 is 0. The van der Waals surface area contributed by atoms with Crippen LogP contribution in [0.1, 0.15) is 32.6 Å². The monoisotopic (exact) mass is 239 g/mol. The first kappa shape index (κ1) is 11.6. The van der Waals surface area contributed by atoms with Crippen molar-refractivity contribution < 1.29 is 0 Å². The van der Waals surface area contributed by atoms with Gasteiger partial charge in [-0.25, -0.2) is 9.97 Å². The van der Waals surface area contributed by atoms with Crippen LogP contribution >= 0.6 is 11.6 Å². The van der Waals surface area contributed by atoms with Crippen LogP contribution in [-0.4, -0.2) is 21.4 Å². The van der Waals surface area contributed by atoms with Gasteiger partial charge in [0, 0.05) is 18.3 Å². The molecule has 1 aliphatic rings. The molecule has 0 amide bonds. The van der Waals surface area contributed by atoms with Crippen molar-refractivity contribution in [2.75, 3.05) is 11.2 Å². The minimum atomic E-state index is -0.00454. The Labute approximate surface area is 102 Å². The minimum Gasteiger partial charge on any atom is -0.348 e. The first-order chi connectivity index (χ1) is 7.74. The molecule has 1 aromatic rings. The second kappa shape index (κ2) is 5.00. The topological polar surface area (TPSA) is 37.8 Å². The van der Waals surface area contributed by atoms with Gasteiger partial charge in [-0.3, -0.25) is 0 Å². The molecule has 1 saturated carbocycles. The van der Waals surface area contributed by atoms with E-state index in [4.69, 9.17) is 11.6 Å². The van der Waals surface area contributed by atoms with E-state index < -0.39 is 0 Å². The summed E-state index contributed by atoms with van der Waals surface area (Å²) in [6, 6.07) is 1.82. The fourth-order valence-corrected chi connectivity index (χ4v) is 2.54. The van der Waals surface area contributed by atoms with E-state index in [1.165, 1.54) is 12.8 Å². The van der Waals surface area contributed by atoms with Crippen molar-refractivity contribution in [3.63, 3.8) is 0 Å². The smallest absolute Gasteiger partial charge is 0.223 e. The van der Waals surface area contributed by atoms with Gasteiger partial charge in [-0.2, -0.15) is 0 Å². The lowest BCUT2D eigenvalue weighted by Crippen LogP contribution is -2.44. The van der Waals surface area contributed by atoms with Crippen molar-refractivity contribution in [1.29, 1.82) is 0 Å². The van der Waals surface area contributed by atoms with Gasteiger partial charge in [-0.05, 0) is 37.7 Å². The van der Waals surface area contributed by atoms with Crippen LogP contribution in [0.15, 0.2) is 18.5 Å². The highest BCUT2D eigenvalue weighted by molar-refractivity contribution is 6.18. The molecule has 0 aliphatic heterocycles. The van der Waals surface area contributed by atoms with Gasteiger partial charge in [-0.1, -0.05) is 6.92 Å². The maximum Gasteiger partial charge on any atom is 0.223 e. The second-order valence-electron chi connectivity index (χ2n) is 4.79. The molecule has 1 aromatic heterocycles. The van der Waals surface area contributed by atoms with Crippen molar-refractivity contribution in [3.8, 4) is 0 Å². The van der Waals surface area contributed by atoms with Crippen molar-refractivity contribution in [3.05, 3.63) is 18.5 Å². The number of hydrogen-bond acceptors (Lipinski definition) is 3. The number of alkyl halides is 1. The van der Waals surface area contributed by atoms with Crippen LogP contribution < -0.4 is 5.32 Å². The van der Waals surface area contributed by atoms with Crippen LogP contribution in [0.5, 0.6) is 0 Å². The molecule has 0 spiro atoms. The highest BCUT2D eigenvalue weighted by Crippen LogP contribution is 2.34. The molecule has 0 unspecified atom stereocenters. The summed E-state index contributed by atoms with van der Waals surface area (Å²) in [6.07, 6.45) is 8.18. The number of halogens is 1. The van der Waals surface area contributed by atoms with Gasteiger partial charge in [0.15, 0.2) is 0 Å². The summed E-state index contributed by atoms with van der Waals surface area (Å²) in [5, 5.41) is 3.41. The first-order valence-electron chi connectivity index (χ1n) is 5.85. The van der Waals surface area contributed by atoms with E-state index in [-0.39, 0.29) is 5.54 Å². The molecule has 1 fully saturated rings. The number of hydrogen-bond donors (Lipinski definition) is 1. The molecule has 4 heteroatoms. The van der Waals surface area contributed by atoms with Crippen LogP contribution in [-0.2, 0) is 0 Å². The summed E-state index contributed by atoms with van der Waals surface area (Å²) in [5.41, 5.74) is -0.00454. The summed E-state index contributed by atoms with van der Waals surface area (Å²) in [6.45, 7) is 2.30. The Bertz CT molecular complexity index is 320. The lowest BCUT2D eigenvalue weighted by molar-refractivity contribution is 0.286. The fourth-order valence-electron chi connectivity index (χ4n) is 2.21. The van der Waals surface area contributed by atoms with Crippen LogP contribution in [0, 0.1) is 5.92 Å². The Kier molecular flexibility index (Phi) is 3.64. The first-order valence-corrected chi connectivity index (χ1v) is 6.39. The average Bonchev–Trinajstić information content (AvgIpc) is 2.34. The number of rotatable bonds is 3. The third-order valence-corrected chi connectivity index (χ3v) is 3.94. The molecule has 0 saturated heterocycles. The Morgan fingerprint density at radius 3 is 2.56 bits per heavy atom. The van der Waals surface area contributed by atoms with Gasteiger partial charge >= 0.3 is 0 Å². The van der Waals surface area contributed by atoms with E-state index in [0.717, 1.165) is 18.8 Å². The number of nitrogens with zero attached hydrogens (tertiary/aromatic N) is 2. The second-order valence-corrected chi connectivity index (χ2v) is 5.06. The van der Waals surface area contributed by atoms with Crippen LogP contribution in [0.2, 0.25) is 0 Å². The normalized spacial score (nSPS) is 30.0. The van der Waals surface area contributed by atoms with E-state index in [1.54, 1.807) is 12.4 Å². The standard InChI is InChI=1S/C12H18ClN3/c1-10-3-5-12(9-13,6-4-10)16-11-14-7-2-8-15-11/h2,7-8,10H,3-6,9H2,1H3,(H,14,15,16). The molecule has 0 radical (unpaired) electrons. The van der Waals surface area contributed by atoms with Gasteiger partial charge in [-0.15, -0.1) is 11.6 Å². The van der Waals surface area contributed by atoms with E-state index in [9.17, 15) is 0 Å². The van der Waals surface area contributed by atoms with Crippen LogP contribution in [0.25, 0.3) is 0 Å². The molecule has 16 heavy (non-hydrogen) atoms. The summed E-state index contributed by atoms with van der Waals surface area (Å²) >= 11 is 6.12. The number of anilines is 1. The Morgan fingerprint density at radius 2 is 2.00 bits per heavy atom. The molecule has 2 rings (SSSR count). The number of nitrogens with one attached hydrogen (secondary N) is 1. The fraction of sp³-hybridized carbons (Fsp3) is 0.667. The van der Waals surface area contributed by atoms with Gasteiger partial charge in [0.1, 0.15) is 0 Å². The Morgan fingerprint density at radius 1 is 1.38 bits per heavy atom. The van der Waals surface area contributed by atoms with Gasteiger partial charge in [0.25, 0.3) is 0 Å². The van der Waals surface area contributed by atoms with E-state index in [2.05, 4.69) is 22.2 Å². The highest BCUT2D eigenvalue weighted by Gasteiger charge is 2.33. The molecule has 0 bridgehead atoms. The quantitative estimate of drug-likeness (QED) is 0.824. The summed E-state index contributed by atoms with van der Waals surface area (Å²) in [4.78, 5) is 8.41. The minimum absolute atomic E-state index is 0.00454. The van der Waals surface area contributed by atoms with Crippen molar-refractivity contribution >= 4 is 17.5 Å². The molecular formula is C12H18ClN3. The molecule has 0 atom stereocenters. The third kappa shape index (κ3) is 2.64. The zero-order chi connectivity index (χ0) is 11.4.